The van der Waals surface area contributed by atoms with Crippen molar-refractivity contribution in [3.8, 4) is 11.3 Å². The van der Waals surface area contributed by atoms with E-state index in [9.17, 15) is 9.18 Å². The van der Waals surface area contributed by atoms with Crippen molar-refractivity contribution >= 4 is 11.7 Å². The first-order valence-electron chi connectivity index (χ1n) is 7.04. The highest BCUT2D eigenvalue weighted by Crippen LogP contribution is 2.24. The van der Waals surface area contributed by atoms with E-state index < -0.39 is 0 Å². The summed E-state index contributed by atoms with van der Waals surface area (Å²) in [5.41, 5.74) is 1.49. The van der Waals surface area contributed by atoms with Crippen LogP contribution in [-0.4, -0.2) is 16.2 Å². The third-order valence-electron chi connectivity index (χ3n) is 3.27. The van der Waals surface area contributed by atoms with Gasteiger partial charge in [0.25, 0.3) is 0 Å². The number of anilines is 1. The van der Waals surface area contributed by atoms with E-state index in [0.717, 1.165) is 5.56 Å². The molecule has 0 atom stereocenters. The Morgan fingerprint density at radius 1 is 1.26 bits per heavy atom. The molecule has 6 nitrogen and oxygen atoms in total. The molecule has 1 amide bonds. The van der Waals surface area contributed by atoms with Crippen LogP contribution >= 0.6 is 0 Å². The smallest absolute Gasteiger partial charge is 0.225 e. The molecular weight excluding hydrogens is 301 g/mol. The van der Waals surface area contributed by atoms with Gasteiger partial charge < -0.3 is 14.4 Å². The first-order chi connectivity index (χ1) is 11.1. The molecule has 0 aliphatic heterocycles. The summed E-state index contributed by atoms with van der Waals surface area (Å²) in [6.45, 7) is 1.74. The lowest BCUT2D eigenvalue weighted by Crippen LogP contribution is -2.12. The van der Waals surface area contributed by atoms with Crippen molar-refractivity contribution in [3.05, 3.63) is 53.7 Å². The highest BCUT2D eigenvalue weighted by Gasteiger charge is 2.13. The average Bonchev–Trinajstić information content (AvgIpc) is 3.15. The zero-order chi connectivity index (χ0) is 16.2. The molecule has 3 aromatic rings. The van der Waals surface area contributed by atoms with Crippen molar-refractivity contribution in [1.82, 2.24) is 10.3 Å². The third-order valence-corrected chi connectivity index (χ3v) is 3.27. The van der Waals surface area contributed by atoms with Crippen molar-refractivity contribution in [1.29, 1.82) is 0 Å². The van der Waals surface area contributed by atoms with Crippen molar-refractivity contribution in [3.63, 3.8) is 0 Å². The highest BCUT2D eigenvalue weighted by molar-refractivity contribution is 5.89. The molecular formula is C16H14FN3O3. The lowest BCUT2D eigenvalue weighted by atomic mass is 10.1. The number of aromatic nitrogens is 2. The molecule has 0 saturated heterocycles. The Balaban J connectivity index is 1.64. The van der Waals surface area contributed by atoms with Crippen molar-refractivity contribution in [2.75, 3.05) is 5.32 Å². The van der Waals surface area contributed by atoms with Crippen molar-refractivity contribution in [2.24, 2.45) is 0 Å². The fraction of sp³-hybridized carbons (Fsp3) is 0.188. The number of carbonyl (C=O) groups excluding carboxylic acids is 1. The summed E-state index contributed by atoms with van der Waals surface area (Å²) in [4.78, 5) is 11.9. The van der Waals surface area contributed by atoms with Crippen LogP contribution in [0.4, 0.5) is 10.2 Å². The maximum atomic E-state index is 13.0. The van der Waals surface area contributed by atoms with Crippen LogP contribution in [0.15, 0.2) is 45.6 Å². The predicted molar refractivity (Wildman–Crippen MR) is 80.1 cm³/mol. The second kappa shape index (κ2) is 6.43. The number of nitrogens with zero attached hydrogens (tertiary/aromatic N) is 2. The molecule has 2 heterocycles. The number of aryl methyl sites for hydroxylation is 2. The molecule has 1 aromatic carbocycles. The van der Waals surface area contributed by atoms with E-state index in [4.69, 9.17) is 9.05 Å². The molecule has 7 heteroatoms. The molecule has 0 aliphatic carbocycles. The van der Waals surface area contributed by atoms with Crippen LogP contribution in [0.5, 0.6) is 0 Å². The van der Waals surface area contributed by atoms with E-state index in [2.05, 4.69) is 15.6 Å². The van der Waals surface area contributed by atoms with Gasteiger partial charge in [-0.2, -0.15) is 0 Å². The monoisotopic (exact) mass is 315 g/mol. The molecule has 0 saturated carbocycles. The Labute approximate surface area is 131 Å². The molecule has 118 valence electrons. The van der Waals surface area contributed by atoms with Gasteiger partial charge in [0.05, 0.1) is 6.20 Å². The fourth-order valence-electron chi connectivity index (χ4n) is 2.16. The Morgan fingerprint density at radius 3 is 2.74 bits per heavy atom. The van der Waals surface area contributed by atoms with Gasteiger partial charge in [-0.1, -0.05) is 10.3 Å². The minimum Gasteiger partial charge on any atom is -0.360 e. The number of rotatable bonds is 5. The van der Waals surface area contributed by atoms with Gasteiger partial charge in [0.1, 0.15) is 11.6 Å². The number of hydrogen-bond donors (Lipinski definition) is 1. The highest BCUT2D eigenvalue weighted by atomic mass is 19.1. The molecule has 0 unspecified atom stereocenters. The molecule has 0 spiro atoms. The van der Waals surface area contributed by atoms with Crippen LogP contribution in [0.25, 0.3) is 11.3 Å². The van der Waals surface area contributed by atoms with Crippen LogP contribution in [0, 0.1) is 12.7 Å². The van der Waals surface area contributed by atoms with Gasteiger partial charge in [-0.3, -0.25) is 4.79 Å². The van der Waals surface area contributed by atoms with E-state index in [0.29, 0.717) is 29.3 Å². The molecule has 23 heavy (non-hydrogen) atoms. The Hall–Kier alpha value is -2.96. The van der Waals surface area contributed by atoms with Crippen LogP contribution in [0.3, 0.4) is 0 Å². The zero-order valence-corrected chi connectivity index (χ0v) is 12.4. The van der Waals surface area contributed by atoms with Gasteiger partial charge in [0.2, 0.25) is 5.91 Å². The minimum absolute atomic E-state index is 0.190. The summed E-state index contributed by atoms with van der Waals surface area (Å²) in [6.07, 6.45) is 2.24. The third kappa shape index (κ3) is 3.63. The summed E-state index contributed by atoms with van der Waals surface area (Å²) in [7, 11) is 0. The largest absolute Gasteiger partial charge is 0.360 e. The Morgan fingerprint density at radius 2 is 2.04 bits per heavy atom. The molecule has 2 aromatic heterocycles. The standard InChI is InChI=1S/C16H14FN3O3/c1-10-8-14(20-22-10)19-15(21)7-4-12-9-18-23-16(12)11-2-5-13(17)6-3-11/h2-3,5-6,8-9H,4,7H2,1H3,(H,19,20,21). The Kier molecular flexibility index (Phi) is 4.18. The maximum absolute atomic E-state index is 13.0. The Bertz CT molecular complexity index is 808. The van der Waals surface area contributed by atoms with E-state index in [1.807, 2.05) is 0 Å². The molecule has 1 N–H and O–H groups in total. The van der Waals surface area contributed by atoms with Crippen LogP contribution in [-0.2, 0) is 11.2 Å². The lowest BCUT2D eigenvalue weighted by molar-refractivity contribution is -0.116. The summed E-state index contributed by atoms with van der Waals surface area (Å²) in [5.74, 6) is 1.03. The fourth-order valence-corrected chi connectivity index (χ4v) is 2.16. The SMILES string of the molecule is Cc1cc(NC(=O)CCc2cnoc2-c2ccc(F)cc2)no1. The van der Waals surface area contributed by atoms with Gasteiger partial charge in [-0.15, -0.1) is 0 Å². The first kappa shape index (κ1) is 15.0. The van der Waals surface area contributed by atoms with Gasteiger partial charge in [0.15, 0.2) is 11.6 Å². The van der Waals surface area contributed by atoms with Gasteiger partial charge in [-0.25, -0.2) is 4.39 Å². The second-order valence-corrected chi connectivity index (χ2v) is 5.06. The lowest BCUT2D eigenvalue weighted by Gasteiger charge is -2.02. The number of hydrogen-bond acceptors (Lipinski definition) is 5. The summed E-state index contributed by atoms with van der Waals surface area (Å²) >= 11 is 0. The zero-order valence-electron chi connectivity index (χ0n) is 12.4. The molecule has 3 rings (SSSR count). The van der Waals surface area contributed by atoms with Gasteiger partial charge in [0, 0.05) is 23.6 Å². The second-order valence-electron chi connectivity index (χ2n) is 5.06. The number of carbonyl (C=O) groups is 1. The van der Waals surface area contributed by atoms with Gasteiger partial charge in [-0.05, 0) is 37.6 Å². The number of nitrogens with one attached hydrogen (secondary N) is 1. The first-order valence-corrected chi connectivity index (χ1v) is 7.04. The van der Waals surface area contributed by atoms with E-state index in [-0.39, 0.29) is 18.1 Å². The van der Waals surface area contributed by atoms with Gasteiger partial charge >= 0.3 is 0 Å². The topological polar surface area (TPSA) is 81.2 Å². The number of benzene rings is 1. The maximum Gasteiger partial charge on any atom is 0.225 e. The van der Waals surface area contributed by atoms with Crippen molar-refractivity contribution < 1.29 is 18.2 Å². The summed E-state index contributed by atoms with van der Waals surface area (Å²) < 4.78 is 23.1. The van der Waals surface area contributed by atoms with Crippen LogP contribution in [0.1, 0.15) is 17.7 Å². The van der Waals surface area contributed by atoms with Crippen LogP contribution in [0.2, 0.25) is 0 Å². The normalized spacial score (nSPS) is 10.7. The van der Waals surface area contributed by atoms with E-state index in [1.165, 1.54) is 12.1 Å². The molecule has 0 aliphatic rings. The van der Waals surface area contributed by atoms with E-state index >= 15 is 0 Å². The summed E-state index contributed by atoms with van der Waals surface area (Å²) in [6, 6.07) is 7.55. The van der Waals surface area contributed by atoms with Crippen LogP contribution < -0.4 is 5.32 Å². The molecule has 0 bridgehead atoms. The predicted octanol–water partition coefficient (Wildman–Crippen LogP) is 3.35. The van der Waals surface area contributed by atoms with Crippen molar-refractivity contribution in [2.45, 2.75) is 19.8 Å². The average molecular weight is 315 g/mol. The molecule has 0 radical (unpaired) electrons. The van der Waals surface area contributed by atoms with E-state index in [1.54, 1.807) is 31.3 Å². The number of halogens is 1. The quantitative estimate of drug-likeness (QED) is 0.781. The molecule has 0 fully saturated rings. The number of amides is 1. The minimum atomic E-state index is -0.322. The summed E-state index contributed by atoms with van der Waals surface area (Å²) in [5, 5.41) is 10.1.